The topological polar surface area (TPSA) is 44.1 Å². The first-order valence-electron chi connectivity index (χ1n) is 6.62. The van der Waals surface area contributed by atoms with Crippen LogP contribution in [0.25, 0.3) is 5.69 Å². The van der Waals surface area contributed by atoms with Gasteiger partial charge in [0.2, 0.25) is 0 Å². The fourth-order valence-electron chi connectivity index (χ4n) is 2.00. The second kappa shape index (κ2) is 6.05. The molecule has 1 aromatic heterocycles. The first kappa shape index (κ1) is 13.1. The van der Waals surface area contributed by atoms with E-state index in [1.54, 1.807) is 10.9 Å². The summed E-state index contributed by atoms with van der Waals surface area (Å²) >= 11 is 0. The molecule has 0 amide bonds. The van der Waals surface area contributed by atoms with Crippen LogP contribution >= 0.6 is 0 Å². The molecule has 0 saturated heterocycles. The van der Waals surface area contributed by atoms with Gasteiger partial charge >= 0.3 is 0 Å². The zero-order valence-electron chi connectivity index (χ0n) is 11.3. The van der Waals surface area contributed by atoms with Gasteiger partial charge in [-0.2, -0.15) is 5.10 Å². The largest absolute Gasteiger partial charge is 0.489 e. The highest BCUT2D eigenvalue weighted by Gasteiger charge is 2.02. The molecule has 0 aliphatic carbocycles. The minimum absolute atomic E-state index is 0.517. The van der Waals surface area contributed by atoms with E-state index >= 15 is 0 Å². The van der Waals surface area contributed by atoms with Crippen LogP contribution in [0.4, 0.5) is 0 Å². The van der Waals surface area contributed by atoms with Crippen molar-refractivity contribution in [1.29, 1.82) is 0 Å². The Morgan fingerprint density at radius 2 is 1.95 bits per heavy atom. The molecule has 0 saturated carbocycles. The van der Waals surface area contributed by atoms with E-state index in [1.807, 2.05) is 54.6 Å². The lowest BCUT2D eigenvalue weighted by Gasteiger charge is -2.08. The lowest BCUT2D eigenvalue weighted by molar-refractivity contribution is 0.112. The molecular weight excluding hydrogens is 264 g/mol. The summed E-state index contributed by atoms with van der Waals surface area (Å²) in [4.78, 5) is 10.7. The smallest absolute Gasteiger partial charge is 0.153 e. The highest BCUT2D eigenvalue weighted by molar-refractivity contribution is 5.73. The van der Waals surface area contributed by atoms with E-state index in [1.165, 1.54) is 6.20 Å². The van der Waals surface area contributed by atoms with Crippen molar-refractivity contribution in [3.05, 3.63) is 78.1 Å². The van der Waals surface area contributed by atoms with Gasteiger partial charge in [0.05, 0.1) is 17.4 Å². The van der Waals surface area contributed by atoms with Crippen molar-refractivity contribution < 1.29 is 9.53 Å². The first-order valence-corrected chi connectivity index (χ1v) is 6.62. The van der Waals surface area contributed by atoms with Gasteiger partial charge in [0.15, 0.2) is 6.29 Å². The second-order valence-electron chi connectivity index (χ2n) is 4.61. The summed E-state index contributed by atoms with van der Waals surface area (Å²) in [5, 5.41) is 4.15. The van der Waals surface area contributed by atoms with Crippen LogP contribution in [-0.2, 0) is 6.61 Å². The van der Waals surface area contributed by atoms with E-state index in [0.29, 0.717) is 12.2 Å². The third-order valence-corrected chi connectivity index (χ3v) is 3.07. The fraction of sp³-hybridized carbons (Fsp3) is 0.0588. The molecule has 0 atom stereocenters. The van der Waals surface area contributed by atoms with Crippen molar-refractivity contribution in [3.8, 4) is 11.4 Å². The number of hydrogen-bond acceptors (Lipinski definition) is 3. The molecule has 0 fully saturated rings. The van der Waals surface area contributed by atoms with E-state index in [0.717, 1.165) is 23.3 Å². The molecule has 0 radical (unpaired) electrons. The van der Waals surface area contributed by atoms with Crippen molar-refractivity contribution >= 4 is 6.29 Å². The van der Waals surface area contributed by atoms with Crippen molar-refractivity contribution in [1.82, 2.24) is 9.78 Å². The van der Waals surface area contributed by atoms with Crippen LogP contribution in [0.2, 0.25) is 0 Å². The summed E-state index contributed by atoms with van der Waals surface area (Å²) in [6.07, 6.45) is 3.99. The van der Waals surface area contributed by atoms with E-state index in [9.17, 15) is 4.79 Å². The van der Waals surface area contributed by atoms with E-state index in [-0.39, 0.29) is 0 Å². The van der Waals surface area contributed by atoms with E-state index in [4.69, 9.17) is 4.74 Å². The molecule has 21 heavy (non-hydrogen) atoms. The van der Waals surface area contributed by atoms with Gasteiger partial charge in [0.25, 0.3) is 0 Å². The van der Waals surface area contributed by atoms with Gasteiger partial charge in [0, 0.05) is 12.3 Å². The lowest BCUT2D eigenvalue weighted by atomic mass is 10.2. The monoisotopic (exact) mass is 278 g/mol. The number of ether oxygens (including phenoxy) is 1. The molecule has 0 aliphatic heterocycles. The van der Waals surface area contributed by atoms with Gasteiger partial charge in [0.1, 0.15) is 12.4 Å². The van der Waals surface area contributed by atoms with Crippen molar-refractivity contribution in [2.24, 2.45) is 0 Å². The predicted molar refractivity (Wildman–Crippen MR) is 79.7 cm³/mol. The van der Waals surface area contributed by atoms with Gasteiger partial charge < -0.3 is 4.74 Å². The number of benzene rings is 2. The maximum atomic E-state index is 10.7. The molecular formula is C17H14N2O2. The molecule has 4 nitrogen and oxygen atoms in total. The molecule has 0 bridgehead atoms. The van der Waals surface area contributed by atoms with Gasteiger partial charge in [-0.25, -0.2) is 4.68 Å². The zero-order chi connectivity index (χ0) is 14.5. The van der Waals surface area contributed by atoms with Crippen LogP contribution < -0.4 is 4.74 Å². The number of carbonyl (C=O) groups is 1. The van der Waals surface area contributed by atoms with Crippen LogP contribution in [-0.4, -0.2) is 16.1 Å². The number of rotatable bonds is 5. The third-order valence-electron chi connectivity index (χ3n) is 3.07. The molecule has 2 aromatic carbocycles. The molecule has 0 unspecified atom stereocenters. The Morgan fingerprint density at radius 3 is 2.71 bits per heavy atom. The summed E-state index contributed by atoms with van der Waals surface area (Å²) in [6.45, 7) is 0.517. The summed E-state index contributed by atoms with van der Waals surface area (Å²) in [5.74, 6) is 0.763. The number of hydrogen-bond donors (Lipinski definition) is 0. The Kier molecular flexibility index (Phi) is 3.78. The van der Waals surface area contributed by atoms with Crippen LogP contribution in [0.1, 0.15) is 15.9 Å². The highest BCUT2D eigenvalue weighted by atomic mass is 16.5. The minimum Gasteiger partial charge on any atom is -0.489 e. The quantitative estimate of drug-likeness (QED) is 0.673. The standard InChI is InChI=1S/C17H14N2O2/c20-12-15-10-18-19(11-15)16-7-4-8-17(9-16)21-13-14-5-2-1-3-6-14/h1-12H,13H2. The minimum atomic E-state index is 0.517. The summed E-state index contributed by atoms with van der Waals surface area (Å²) in [6, 6.07) is 17.6. The number of carbonyl (C=O) groups excluding carboxylic acids is 1. The lowest BCUT2D eigenvalue weighted by Crippen LogP contribution is -1.98. The van der Waals surface area contributed by atoms with Crippen LogP contribution in [0, 0.1) is 0 Å². The van der Waals surface area contributed by atoms with E-state index in [2.05, 4.69) is 5.10 Å². The van der Waals surface area contributed by atoms with Crippen LogP contribution in [0.3, 0.4) is 0 Å². The highest BCUT2D eigenvalue weighted by Crippen LogP contribution is 2.18. The van der Waals surface area contributed by atoms with Crippen LogP contribution in [0.5, 0.6) is 5.75 Å². The van der Waals surface area contributed by atoms with Gasteiger partial charge in [-0.1, -0.05) is 36.4 Å². The molecule has 3 rings (SSSR count). The summed E-state index contributed by atoms with van der Waals surface area (Å²) < 4.78 is 7.43. The third kappa shape index (κ3) is 3.17. The number of aldehydes is 1. The van der Waals surface area contributed by atoms with Crippen LogP contribution in [0.15, 0.2) is 67.0 Å². The number of aromatic nitrogens is 2. The summed E-state index contributed by atoms with van der Waals surface area (Å²) in [7, 11) is 0. The van der Waals surface area contributed by atoms with Crippen molar-refractivity contribution in [3.63, 3.8) is 0 Å². The molecule has 3 aromatic rings. The molecule has 1 heterocycles. The second-order valence-corrected chi connectivity index (χ2v) is 4.61. The molecule has 4 heteroatoms. The molecule has 0 spiro atoms. The normalized spacial score (nSPS) is 10.3. The Morgan fingerprint density at radius 1 is 1.10 bits per heavy atom. The Bertz CT molecular complexity index is 735. The molecule has 0 aliphatic rings. The van der Waals surface area contributed by atoms with Gasteiger partial charge in [-0.05, 0) is 17.7 Å². The Hall–Kier alpha value is -2.88. The van der Waals surface area contributed by atoms with E-state index < -0.39 is 0 Å². The molecule has 0 N–H and O–H groups in total. The first-order chi connectivity index (χ1) is 10.3. The fourth-order valence-corrected chi connectivity index (χ4v) is 2.00. The average molecular weight is 278 g/mol. The van der Waals surface area contributed by atoms with Gasteiger partial charge in [-0.15, -0.1) is 0 Å². The average Bonchev–Trinajstić information content (AvgIpc) is 3.03. The summed E-state index contributed by atoms with van der Waals surface area (Å²) in [5.41, 5.74) is 2.52. The Labute approximate surface area is 122 Å². The van der Waals surface area contributed by atoms with Crippen molar-refractivity contribution in [2.45, 2.75) is 6.61 Å². The van der Waals surface area contributed by atoms with Gasteiger partial charge in [-0.3, -0.25) is 4.79 Å². The maximum absolute atomic E-state index is 10.7. The van der Waals surface area contributed by atoms with Crippen molar-refractivity contribution in [2.75, 3.05) is 0 Å². The maximum Gasteiger partial charge on any atom is 0.153 e. The number of nitrogens with zero attached hydrogens (tertiary/aromatic N) is 2. The SMILES string of the molecule is O=Cc1cnn(-c2cccc(OCc3ccccc3)c2)c1. The zero-order valence-corrected chi connectivity index (χ0v) is 11.3. The predicted octanol–water partition coefficient (Wildman–Crippen LogP) is 3.26. The Balaban J connectivity index is 1.75. The molecule has 104 valence electrons.